The maximum atomic E-state index is 12.9. The average molecular weight is 419 g/mol. The molecule has 0 fully saturated rings. The zero-order valence-corrected chi connectivity index (χ0v) is 16.0. The molecule has 0 atom stereocenters. The summed E-state index contributed by atoms with van der Waals surface area (Å²) in [5.41, 5.74) is 5.10. The molecule has 0 saturated heterocycles. The normalized spacial score (nSPS) is 11.6. The van der Waals surface area contributed by atoms with Gasteiger partial charge in [-0.05, 0) is 19.8 Å². The summed E-state index contributed by atoms with van der Waals surface area (Å²) in [6.45, 7) is 1.00. The van der Waals surface area contributed by atoms with Gasteiger partial charge >= 0.3 is 5.97 Å². The molecule has 0 unspecified atom stereocenters. The summed E-state index contributed by atoms with van der Waals surface area (Å²) in [4.78, 5) is 28.5. The number of aromatic nitrogens is 4. The minimum absolute atomic E-state index is 0.00625. The highest BCUT2D eigenvalue weighted by Crippen LogP contribution is 2.30. The van der Waals surface area contributed by atoms with Gasteiger partial charge in [-0.2, -0.15) is 9.78 Å². The Bertz CT molecular complexity index is 1060. The molecule has 3 N–H and O–H groups in total. The van der Waals surface area contributed by atoms with Gasteiger partial charge in [-0.25, -0.2) is 13.6 Å². The van der Waals surface area contributed by atoms with Gasteiger partial charge in [0.05, 0.1) is 6.54 Å². The Kier molecular flexibility index (Phi) is 5.90. The van der Waals surface area contributed by atoms with Crippen molar-refractivity contribution in [3.8, 4) is 22.9 Å². The van der Waals surface area contributed by atoms with Crippen LogP contribution in [0.15, 0.2) is 34.7 Å². The van der Waals surface area contributed by atoms with E-state index in [1.165, 1.54) is 0 Å². The van der Waals surface area contributed by atoms with E-state index >= 15 is 0 Å². The van der Waals surface area contributed by atoms with E-state index in [0.717, 1.165) is 11.7 Å². The number of unbranched alkanes of at least 4 members (excludes halogenated alkanes) is 1. The number of halogens is 2. The smallest absolute Gasteiger partial charge is 0.358 e. The number of hydrogen-bond acceptors (Lipinski definition) is 6. The van der Waals surface area contributed by atoms with Gasteiger partial charge in [0.2, 0.25) is 5.92 Å². The summed E-state index contributed by atoms with van der Waals surface area (Å²) in [7, 11) is 0. The third-order valence-corrected chi connectivity index (χ3v) is 4.18. The van der Waals surface area contributed by atoms with Gasteiger partial charge in [0.1, 0.15) is 0 Å². The number of rotatable bonds is 9. The van der Waals surface area contributed by atoms with Crippen LogP contribution in [0.5, 0.6) is 0 Å². The van der Waals surface area contributed by atoms with Crippen molar-refractivity contribution in [2.24, 2.45) is 5.73 Å². The molecule has 0 radical (unpaired) electrons. The van der Waals surface area contributed by atoms with Crippen molar-refractivity contribution in [2.45, 2.75) is 38.7 Å². The number of hydrogen-bond donors (Lipinski definition) is 2. The molecule has 2 aromatic heterocycles. The van der Waals surface area contributed by atoms with Crippen LogP contribution in [0.25, 0.3) is 22.9 Å². The maximum Gasteiger partial charge on any atom is 0.358 e. The third kappa shape index (κ3) is 4.85. The van der Waals surface area contributed by atoms with Crippen molar-refractivity contribution in [1.29, 1.82) is 0 Å². The van der Waals surface area contributed by atoms with Crippen LogP contribution < -0.4 is 5.73 Å². The standard InChI is InChI=1S/C19H19F2N5O4/c1-19(20,21)9-5-6-10-26-24-12(16(22)27)13(25-26)17-23-14(18(28)29)15(30-17)11-7-3-2-4-8-11/h2-4,7-8H,5-6,9-10H2,1H3,(H2,22,27)(H,28,29). The fraction of sp³-hybridized carbons (Fsp3) is 0.316. The Balaban J connectivity index is 1.92. The summed E-state index contributed by atoms with van der Waals surface area (Å²) in [5.74, 6) is -5.23. The van der Waals surface area contributed by atoms with E-state index in [1.54, 1.807) is 30.3 Å². The molecule has 158 valence electrons. The maximum absolute atomic E-state index is 12.9. The predicted molar refractivity (Wildman–Crippen MR) is 101 cm³/mol. The number of oxazole rings is 1. The number of alkyl halides is 2. The number of amides is 1. The van der Waals surface area contributed by atoms with Crippen LogP contribution in [0.2, 0.25) is 0 Å². The molecule has 2 heterocycles. The van der Waals surface area contributed by atoms with E-state index in [1.807, 2.05) is 0 Å². The van der Waals surface area contributed by atoms with Crippen LogP contribution in [0.4, 0.5) is 8.78 Å². The van der Waals surface area contributed by atoms with Crippen molar-refractivity contribution in [1.82, 2.24) is 20.0 Å². The summed E-state index contributed by atoms with van der Waals surface area (Å²) in [6.07, 6.45) is 0.287. The SMILES string of the molecule is CC(F)(F)CCCCn1nc(C(N)=O)c(-c2nc(C(=O)O)c(-c3ccccc3)o2)n1. The molecule has 11 heteroatoms. The van der Waals surface area contributed by atoms with Crippen LogP contribution in [0, 0.1) is 0 Å². The molecule has 1 aromatic carbocycles. The van der Waals surface area contributed by atoms with Gasteiger partial charge < -0.3 is 15.3 Å². The van der Waals surface area contributed by atoms with E-state index in [-0.39, 0.29) is 48.1 Å². The molecular weight excluding hydrogens is 400 g/mol. The van der Waals surface area contributed by atoms with Crippen molar-refractivity contribution in [2.75, 3.05) is 0 Å². The minimum atomic E-state index is -2.76. The quantitative estimate of drug-likeness (QED) is 0.508. The molecule has 0 aliphatic carbocycles. The fourth-order valence-electron chi connectivity index (χ4n) is 2.80. The topological polar surface area (TPSA) is 137 Å². The zero-order chi connectivity index (χ0) is 21.9. The van der Waals surface area contributed by atoms with E-state index in [4.69, 9.17) is 10.2 Å². The number of primary amides is 1. The van der Waals surface area contributed by atoms with E-state index in [9.17, 15) is 23.5 Å². The second-order valence-corrected chi connectivity index (χ2v) is 6.75. The lowest BCUT2D eigenvalue weighted by molar-refractivity contribution is 0.0101. The first-order chi connectivity index (χ1) is 14.2. The Hall–Kier alpha value is -3.63. The molecule has 0 aliphatic heterocycles. The number of nitrogens with two attached hydrogens (primary N) is 1. The van der Waals surface area contributed by atoms with Crippen LogP contribution in [-0.2, 0) is 6.54 Å². The zero-order valence-electron chi connectivity index (χ0n) is 16.0. The Morgan fingerprint density at radius 2 is 1.87 bits per heavy atom. The number of carboxylic acids is 1. The summed E-state index contributed by atoms with van der Waals surface area (Å²) in [5, 5.41) is 17.5. The lowest BCUT2D eigenvalue weighted by Crippen LogP contribution is -2.14. The second kappa shape index (κ2) is 8.39. The highest BCUT2D eigenvalue weighted by atomic mass is 19.3. The lowest BCUT2D eigenvalue weighted by Gasteiger charge is -2.08. The van der Waals surface area contributed by atoms with Crippen LogP contribution in [0.3, 0.4) is 0 Å². The summed E-state index contributed by atoms with van der Waals surface area (Å²) >= 11 is 0. The Morgan fingerprint density at radius 1 is 1.17 bits per heavy atom. The first kappa shape index (κ1) is 21.1. The molecule has 0 saturated carbocycles. The molecule has 9 nitrogen and oxygen atoms in total. The highest BCUT2D eigenvalue weighted by molar-refractivity contribution is 5.97. The summed E-state index contributed by atoms with van der Waals surface area (Å²) < 4.78 is 31.4. The van der Waals surface area contributed by atoms with Crippen LogP contribution in [0.1, 0.15) is 47.2 Å². The number of benzene rings is 1. The van der Waals surface area contributed by atoms with Crippen molar-refractivity contribution in [3.05, 3.63) is 41.7 Å². The molecule has 1 amide bonds. The number of aromatic carboxylic acids is 1. The number of carbonyl (C=O) groups is 2. The van der Waals surface area contributed by atoms with E-state index in [2.05, 4.69) is 15.2 Å². The number of carbonyl (C=O) groups excluding carboxylic acids is 1. The summed E-state index contributed by atoms with van der Waals surface area (Å²) in [6, 6.07) is 8.45. The van der Waals surface area contributed by atoms with E-state index in [0.29, 0.717) is 12.0 Å². The Labute approximate surface area is 169 Å². The molecular formula is C19H19F2N5O4. The molecule has 0 bridgehead atoms. The van der Waals surface area contributed by atoms with Gasteiger partial charge in [0, 0.05) is 12.0 Å². The van der Waals surface area contributed by atoms with Gasteiger partial charge in [0.25, 0.3) is 11.8 Å². The minimum Gasteiger partial charge on any atom is -0.476 e. The molecule has 3 rings (SSSR count). The second-order valence-electron chi connectivity index (χ2n) is 6.75. The lowest BCUT2D eigenvalue weighted by atomic mass is 10.1. The van der Waals surface area contributed by atoms with Gasteiger partial charge in [-0.15, -0.1) is 10.2 Å². The van der Waals surface area contributed by atoms with Crippen LogP contribution in [-0.4, -0.2) is 42.9 Å². The number of aryl methyl sites for hydroxylation is 1. The molecule has 30 heavy (non-hydrogen) atoms. The molecule has 0 aliphatic rings. The van der Waals surface area contributed by atoms with Gasteiger partial charge in [-0.3, -0.25) is 4.79 Å². The first-order valence-corrected chi connectivity index (χ1v) is 9.08. The third-order valence-electron chi connectivity index (χ3n) is 4.18. The largest absolute Gasteiger partial charge is 0.476 e. The highest BCUT2D eigenvalue weighted by Gasteiger charge is 2.27. The van der Waals surface area contributed by atoms with Gasteiger partial charge in [0.15, 0.2) is 22.8 Å². The van der Waals surface area contributed by atoms with Gasteiger partial charge in [-0.1, -0.05) is 30.3 Å². The Morgan fingerprint density at radius 3 is 2.47 bits per heavy atom. The van der Waals surface area contributed by atoms with Crippen molar-refractivity contribution < 1.29 is 27.9 Å². The number of carboxylic acid groups (broad SMARTS) is 1. The fourth-order valence-corrected chi connectivity index (χ4v) is 2.80. The number of nitrogens with zero attached hydrogens (tertiary/aromatic N) is 4. The van der Waals surface area contributed by atoms with Crippen LogP contribution >= 0.6 is 0 Å². The van der Waals surface area contributed by atoms with Crippen molar-refractivity contribution >= 4 is 11.9 Å². The van der Waals surface area contributed by atoms with Crippen molar-refractivity contribution in [3.63, 3.8) is 0 Å². The predicted octanol–water partition coefficient (Wildman–Crippen LogP) is 3.22. The first-order valence-electron chi connectivity index (χ1n) is 9.08. The average Bonchev–Trinajstić information content (AvgIpc) is 3.30. The molecule has 3 aromatic rings. The monoisotopic (exact) mass is 419 g/mol. The van der Waals surface area contributed by atoms with E-state index < -0.39 is 17.8 Å². The molecule has 0 spiro atoms.